The van der Waals surface area contributed by atoms with Crippen LogP contribution in [-0.4, -0.2) is 23.4 Å². The molecule has 14 heavy (non-hydrogen) atoms. The highest BCUT2D eigenvalue weighted by molar-refractivity contribution is 7.07. The molecule has 1 saturated heterocycles. The summed E-state index contributed by atoms with van der Waals surface area (Å²) >= 11 is 1.56. The molecule has 0 radical (unpaired) electrons. The maximum Gasteiger partial charge on any atom is 0.325 e. The molecule has 0 saturated carbocycles. The molecule has 2 rings (SSSR count). The molecular weight excluding hydrogens is 200 g/mol. The molecule has 1 aliphatic rings. The minimum absolute atomic E-state index is 0.118. The SMILES string of the molecule is CC(c1ccsc1)N1C(=O)CNC1=O. The van der Waals surface area contributed by atoms with Crippen LogP contribution >= 0.6 is 11.3 Å². The Morgan fingerprint density at radius 3 is 2.86 bits per heavy atom. The maximum absolute atomic E-state index is 11.4. The van der Waals surface area contributed by atoms with Crippen LogP contribution in [0.4, 0.5) is 4.79 Å². The van der Waals surface area contributed by atoms with Crippen LogP contribution in [0.25, 0.3) is 0 Å². The van der Waals surface area contributed by atoms with Gasteiger partial charge in [-0.2, -0.15) is 11.3 Å². The Bertz CT molecular complexity index is 345. The van der Waals surface area contributed by atoms with E-state index in [4.69, 9.17) is 0 Å². The number of urea groups is 1. The lowest BCUT2D eigenvalue weighted by Crippen LogP contribution is -2.33. The van der Waals surface area contributed by atoms with E-state index in [1.54, 1.807) is 11.3 Å². The summed E-state index contributed by atoms with van der Waals surface area (Å²) in [6, 6.07) is 1.46. The topological polar surface area (TPSA) is 49.4 Å². The molecule has 1 N–H and O–H groups in total. The molecular formula is C9H10N2O2S. The van der Waals surface area contributed by atoms with Crippen molar-refractivity contribution in [1.29, 1.82) is 0 Å². The Morgan fingerprint density at radius 1 is 1.57 bits per heavy atom. The van der Waals surface area contributed by atoms with E-state index >= 15 is 0 Å². The number of nitrogens with zero attached hydrogens (tertiary/aromatic N) is 1. The second-order valence-electron chi connectivity index (χ2n) is 3.16. The summed E-state index contributed by atoms with van der Waals surface area (Å²) in [6.07, 6.45) is 0. The summed E-state index contributed by atoms with van der Waals surface area (Å²) in [6.45, 7) is 1.97. The van der Waals surface area contributed by atoms with Crippen LogP contribution in [0, 0.1) is 0 Å². The van der Waals surface area contributed by atoms with E-state index in [2.05, 4.69) is 5.32 Å². The summed E-state index contributed by atoms with van der Waals surface area (Å²) in [4.78, 5) is 24.0. The summed E-state index contributed by atoms with van der Waals surface area (Å²) in [5.74, 6) is -0.159. The average Bonchev–Trinajstić information content (AvgIpc) is 2.75. The summed E-state index contributed by atoms with van der Waals surface area (Å²) in [5.41, 5.74) is 1.00. The summed E-state index contributed by atoms with van der Waals surface area (Å²) in [5, 5.41) is 6.39. The van der Waals surface area contributed by atoms with Gasteiger partial charge in [-0.15, -0.1) is 0 Å². The van der Waals surface area contributed by atoms with Gasteiger partial charge in [0.05, 0.1) is 12.6 Å². The van der Waals surface area contributed by atoms with Gasteiger partial charge >= 0.3 is 6.03 Å². The molecule has 0 bridgehead atoms. The van der Waals surface area contributed by atoms with Crippen LogP contribution in [0.5, 0.6) is 0 Å². The van der Waals surface area contributed by atoms with Crippen molar-refractivity contribution in [3.8, 4) is 0 Å². The lowest BCUT2D eigenvalue weighted by Gasteiger charge is -2.20. The molecule has 1 aromatic rings. The lowest BCUT2D eigenvalue weighted by molar-refractivity contribution is -0.126. The molecule has 0 aliphatic carbocycles. The van der Waals surface area contributed by atoms with Crippen molar-refractivity contribution < 1.29 is 9.59 Å². The third-order valence-corrected chi connectivity index (χ3v) is 2.99. The first-order valence-electron chi connectivity index (χ1n) is 4.32. The first-order valence-corrected chi connectivity index (χ1v) is 5.26. The van der Waals surface area contributed by atoms with Crippen molar-refractivity contribution in [2.45, 2.75) is 13.0 Å². The van der Waals surface area contributed by atoms with Gasteiger partial charge < -0.3 is 5.32 Å². The zero-order chi connectivity index (χ0) is 10.1. The Kier molecular flexibility index (Phi) is 2.25. The van der Waals surface area contributed by atoms with Crippen LogP contribution in [0.2, 0.25) is 0 Å². The number of imide groups is 1. The molecule has 74 valence electrons. The maximum atomic E-state index is 11.4. The van der Waals surface area contributed by atoms with Gasteiger partial charge in [-0.3, -0.25) is 9.69 Å². The van der Waals surface area contributed by atoms with Gasteiger partial charge in [-0.25, -0.2) is 4.79 Å². The third kappa shape index (κ3) is 1.39. The molecule has 1 fully saturated rings. The molecule has 1 aliphatic heterocycles. The number of carbonyl (C=O) groups excluding carboxylic acids is 2. The summed E-state index contributed by atoms with van der Waals surface area (Å²) in [7, 11) is 0. The van der Waals surface area contributed by atoms with Crippen molar-refractivity contribution in [1.82, 2.24) is 10.2 Å². The van der Waals surface area contributed by atoms with Gasteiger partial charge in [-0.05, 0) is 29.3 Å². The van der Waals surface area contributed by atoms with Crippen LogP contribution in [0.3, 0.4) is 0 Å². The number of nitrogens with one attached hydrogen (secondary N) is 1. The van der Waals surface area contributed by atoms with E-state index in [1.807, 2.05) is 23.8 Å². The zero-order valence-electron chi connectivity index (χ0n) is 7.69. The number of hydrogen-bond donors (Lipinski definition) is 1. The van der Waals surface area contributed by atoms with Crippen LogP contribution in [0.15, 0.2) is 16.8 Å². The first kappa shape index (κ1) is 9.21. The Labute approximate surface area is 85.5 Å². The number of carbonyl (C=O) groups is 2. The fourth-order valence-corrected chi connectivity index (χ4v) is 2.24. The van der Waals surface area contributed by atoms with Crippen molar-refractivity contribution in [3.05, 3.63) is 22.4 Å². The number of rotatable bonds is 2. The minimum Gasteiger partial charge on any atom is -0.329 e. The average molecular weight is 210 g/mol. The van der Waals surface area contributed by atoms with E-state index < -0.39 is 0 Å². The van der Waals surface area contributed by atoms with Crippen molar-refractivity contribution in [3.63, 3.8) is 0 Å². The van der Waals surface area contributed by atoms with E-state index in [1.165, 1.54) is 4.90 Å². The van der Waals surface area contributed by atoms with Crippen LogP contribution < -0.4 is 5.32 Å². The van der Waals surface area contributed by atoms with E-state index in [0.29, 0.717) is 0 Å². The van der Waals surface area contributed by atoms with Gasteiger partial charge in [0, 0.05) is 0 Å². The zero-order valence-corrected chi connectivity index (χ0v) is 8.50. The van der Waals surface area contributed by atoms with E-state index in [0.717, 1.165) is 5.56 Å². The Hall–Kier alpha value is -1.36. The van der Waals surface area contributed by atoms with Gasteiger partial charge in [0.1, 0.15) is 0 Å². The number of hydrogen-bond acceptors (Lipinski definition) is 3. The highest BCUT2D eigenvalue weighted by Gasteiger charge is 2.33. The van der Waals surface area contributed by atoms with Gasteiger partial charge in [0.2, 0.25) is 0 Å². The largest absolute Gasteiger partial charge is 0.329 e. The van der Waals surface area contributed by atoms with E-state index in [-0.39, 0.29) is 24.5 Å². The fraction of sp³-hybridized carbons (Fsp3) is 0.333. The molecule has 0 aromatic carbocycles. The predicted molar refractivity (Wildman–Crippen MR) is 53.0 cm³/mol. The molecule has 3 amide bonds. The van der Waals surface area contributed by atoms with Gasteiger partial charge in [0.25, 0.3) is 5.91 Å². The summed E-state index contributed by atoms with van der Waals surface area (Å²) < 4.78 is 0. The lowest BCUT2D eigenvalue weighted by atomic mass is 10.1. The van der Waals surface area contributed by atoms with Crippen LogP contribution in [0.1, 0.15) is 18.5 Å². The minimum atomic E-state index is -0.297. The second-order valence-corrected chi connectivity index (χ2v) is 3.94. The highest BCUT2D eigenvalue weighted by atomic mass is 32.1. The Morgan fingerprint density at radius 2 is 2.36 bits per heavy atom. The Balaban J connectivity index is 2.22. The third-order valence-electron chi connectivity index (χ3n) is 2.29. The standard InChI is InChI=1S/C9H10N2O2S/c1-6(7-2-3-14-5-7)11-8(12)4-10-9(11)13/h2-3,5-6H,4H2,1H3,(H,10,13). The smallest absolute Gasteiger partial charge is 0.325 e. The molecule has 1 atom stereocenters. The van der Waals surface area contributed by atoms with Crippen molar-refractivity contribution in [2.75, 3.05) is 6.54 Å². The van der Waals surface area contributed by atoms with Gasteiger partial charge in [-0.1, -0.05) is 0 Å². The first-order chi connectivity index (χ1) is 6.70. The van der Waals surface area contributed by atoms with Crippen LogP contribution in [-0.2, 0) is 4.79 Å². The molecule has 5 heteroatoms. The normalized spacial score (nSPS) is 18.5. The fourth-order valence-electron chi connectivity index (χ4n) is 1.49. The van der Waals surface area contributed by atoms with E-state index in [9.17, 15) is 9.59 Å². The monoisotopic (exact) mass is 210 g/mol. The number of amides is 3. The predicted octanol–water partition coefficient (Wildman–Crippen LogP) is 1.36. The van der Waals surface area contributed by atoms with Gasteiger partial charge in [0.15, 0.2) is 0 Å². The van der Waals surface area contributed by atoms with Crippen molar-refractivity contribution in [2.24, 2.45) is 0 Å². The molecule has 2 heterocycles. The quantitative estimate of drug-likeness (QED) is 0.749. The number of thiophene rings is 1. The molecule has 1 unspecified atom stereocenters. The molecule has 0 spiro atoms. The molecule has 4 nitrogen and oxygen atoms in total. The second kappa shape index (κ2) is 3.42. The highest BCUT2D eigenvalue weighted by Crippen LogP contribution is 2.23. The van der Waals surface area contributed by atoms with Crippen molar-refractivity contribution >= 4 is 23.3 Å². The molecule has 1 aromatic heterocycles.